The van der Waals surface area contributed by atoms with E-state index in [-0.39, 0.29) is 17.2 Å². The van der Waals surface area contributed by atoms with E-state index in [1.165, 1.54) is 0 Å². The smallest absolute Gasteiger partial charge is 0.233 e. The Morgan fingerprint density at radius 3 is 2.59 bits per heavy atom. The molecule has 2 saturated heterocycles. The highest BCUT2D eigenvalue weighted by Gasteiger charge is 2.53. The van der Waals surface area contributed by atoms with Gasteiger partial charge in [-0.25, -0.2) is 0 Å². The van der Waals surface area contributed by atoms with Crippen molar-refractivity contribution in [3.63, 3.8) is 0 Å². The topological polar surface area (TPSA) is 68.5 Å². The molecular formula is C21H25N3O3. The van der Waals surface area contributed by atoms with E-state index in [1.807, 2.05) is 23.1 Å². The number of hydrogen-bond donors (Lipinski definition) is 0. The molecule has 3 fully saturated rings. The van der Waals surface area contributed by atoms with Crippen molar-refractivity contribution in [1.29, 1.82) is 0 Å². The van der Waals surface area contributed by atoms with Crippen molar-refractivity contribution in [3.8, 4) is 0 Å². The second-order valence-corrected chi connectivity index (χ2v) is 8.06. The van der Waals surface area contributed by atoms with E-state index in [0.717, 1.165) is 63.3 Å². The van der Waals surface area contributed by atoms with Gasteiger partial charge in [0.05, 0.1) is 11.3 Å². The first-order chi connectivity index (χ1) is 13.3. The van der Waals surface area contributed by atoms with E-state index in [0.29, 0.717) is 18.4 Å². The van der Waals surface area contributed by atoms with Crippen LogP contribution >= 0.6 is 0 Å². The van der Waals surface area contributed by atoms with Crippen LogP contribution in [0, 0.1) is 0 Å². The molecule has 1 saturated carbocycles. The van der Waals surface area contributed by atoms with E-state index < -0.39 is 0 Å². The van der Waals surface area contributed by atoms with Crippen LogP contribution in [0.2, 0.25) is 0 Å². The summed E-state index contributed by atoms with van der Waals surface area (Å²) in [6.45, 7) is 2.99. The number of aromatic nitrogens is 2. The molecule has 0 bridgehead atoms. The van der Waals surface area contributed by atoms with Gasteiger partial charge in [-0.3, -0.25) is 4.79 Å². The van der Waals surface area contributed by atoms with Crippen molar-refractivity contribution in [1.82, 2.24) is 15.0 Å². The van der Waals surface area contributed by atoms with Gasteiger partial charge in [-0.1, -0.05) is 35.5 Å². The maximum Gasteiger partial charge on any atom is 0.233 e. The summed E-state index contributed by atoms with van der Waals surface area (Å²) in [6.07, 6.45) is 4.70. The molecule has 3 aliphatic rings. The van der Waals surface area contributed by atoms with Gasteiger partial charge >= 0.3 is 0 Å². The predicted octanol–water partition coefficient (Wildman–Crippen LogP) is 3.01. The Kier molecular flexibility index (Phi) is 4.23. The predicted molar refractivity (Wildman–Crippen MR) is 98.4 cm³/mol. The number of hydrogen-bond acceptors (Lipinski definition) is 5. The largest absolute Gasteiger partial charge is 0.381 e. The maximum atomic E-state index is 13.2. The van der Waals surface area contributed by atoms with Gasteiger partial charge in [0, 0.05) is 32.2 Å². The number of carbonyl (C=O) groups is 1. The standard InChI is InChI=1S/C21H25N3O3/c25-20(21(9-10-21)17-4-2-1-3-5-17)24-11-6-16(14-24)19-22-18(23-27-19)15-7-12-26-13-8-15/h1-5,15-16H,6-14H2. The Balaban J connectivity index is 1.27. The SMILES string of the molecule is O=C(N1CCC(c2nc(C3CCOCC3)no2)C1)C1(c2ccccc2)CC1. The molecule has 1 amide bonds. The molecule has 1 aliphatic carbocycles. The highest BCUT2D eigenvalue weighted by atomic mass is 16.5. The molecule has 5 rings (SSSR count). The third kappa shape index (κ3) is 3.06. The molecule has 0 N–H and O–H groups in total. The Bertz CT molecular complexity index is 809. The molecule has 2 aliphatic heterocycles. The number of rotatable bonds is 4. The molecule has 27 heavy (non-hydrogen) atoms. The summed E-state index contributed by atoms with van der Waals surface area (Å²) < 4.78 is 11.0. The number of nitrogens with zero attached hydrogens (tertiary/aromatic N) is 3. The Morgan fingerprint density at radius 2 is 1.85 bits per heavy atom. The van der Waals surface area contributed by atoms with Gasteiger partial charge < -0.3 is 14.2 Å². The van der Waals surface area contributed by atoms with Crippen LogP contribution < -0.4 is 0 Å². The fourth-order valence-electron chi connectivity index (χ4n) is 4.49. The number of amides is 1. The second kappa shape index (κ2) is 6.75. The zero-order chi connectivity index (χ0) is 18.3. The average Bonchev–Trinajstić information content (AvgIpc) is 3.15. The highest BCUT2D eigenvalue weighted by molar-refractivity contribution is 5.91. The number of carbonyl (C=O) groups excluding carboxylic acids is 1. The van der Waals surface area contributed by atoms with Crippen molar-refractivity contribution in [3.05, 3.63) is 47.6 Å². The Labute approximate surface area is 158 Å². The van der Waals surface area contributed by atoms with E-state index in [2.05, 4.69) is 22.3 Å². The van der Waals surface area contributed by atoms with Gasteiger partial charge in [0.25, 0.3) is 0 Å². The van der Waals surface area contributed by atoms with Gasteiger partial charge in [0.15, 0.2) is 5.82 Å². The van der Waals surface area contributed by atoms with E-state index in [9.17, 15) is 4.79 Å². The minimum absolute atomic E-state index is 0.154. The second-order valence-electron chi connectivity index (χ2n) is 8.06. The van der Waals surface area contributed by atoms with Crippen LogP contribution in [0.15, 0.2) is 34.9 Å². The molecule has 1 aromatic heterocycles. The number of ether oxygens (including phenoxy) is 1. The summed E-state index contributed by atoms with van der Waals surface area (Å²) in [5.41, 5.74) is 0.858. The van der Waals surface area contributed by atoms with Crippen LogP contribution in [0.25, 0.3) is 0 Å². The first-order valence-corrected chi connectivity index (χ1v) is 10.0. The van der Waals surface area contributed by atoms with Gasteiger partial charge in [-0.05, 0) is 37.7 Å². The summed E-state index contributed by atoms with van der Waals surface area (Å²) in [7, 11) is 0. The summed E-state index contributed by atoms with van der Waals surface area (Å²) in [5, 5.41) is 4.22. The Hall–Kier alpha value is -2.21. The normalized spacial score (nSPS) is 24.9. The molecule has 1 unspecified atom stereocenters. The molecular weight excluding hydrogens is 342 g/mol. The van der Waals surface area contributed by atoms with Crippen molar-refractivity contribution < 1.29 is 14.1 Å². The summed E-state index contributed by atoms with van der Waals surface area (Å²) >= 11 is 0. The number of benzene rings is 1. The molecule has 2 aromatic rings. The van der Waals surface area contributed by atoms with Crippen molar-refractivity contribution >= 4 is 5.91 Å². The quantitative estimate of drug-likeness (QED) is 0.831. The van der Waals surface area contributed by atoms with E-state index in [4.69, 9.17) is 9.26 Å². The van der Waals surface area contributed by atoms with Crippen LogP contribution in [-0.2, 0) is 14.9 Å². The molecule has 1 atom stereocenters. The lowest BCUT2D eigenvalue weighted by Crippen LogP contribution is -2.37. The zero-order valence-corrected chi connectivity index (χ0v) is 15.5. The van der Waals surface area contributed by atoms with E-state index in [1.54, 1.807) is 0 Å². The molecule has 142 valence electrons. The van der Waals surface area contributed by atoms with Crippen molar-refractivity contribution in [2.75, 3.05) is 26.3 Å². The minimum Gasteiger partial charge on any atom is -0.381 e. The average molecular weight is 367 g/mol. The third-order valence-corrected chi connectivity index (χ3v) is 6.35. The van der Waals surface area contributed by atoms with Gasteiger partial charge in [0.1, 0.15) is 0 Å². The maximum absolute atomic E-state index is 13.2. The lowest BCUT2D eigenvalue weighted by molar-refractivity contribution is -0.132. The molecule has 6 heteroatoms. The van der Waals surface area contributed by atoms with Crippen molar-refractivity contribution in [2.24, 2.45) is 0 Å². The molecule has 6 nitrogen and oxygen atoms in total. The zero-order valence-electron chi connectivity index (χ0n) is 15.5. The minimum atomic E-state index is -0.293. The first-order valence-electron chi connectivity index (χ1n) is 10.0. The third-order valence-electron chi connectivity index (χ3n) is 6.35. The first kappa shape index (κ1) is 16.9. The van der Waals surface area contributed by atoms with Crippen LogP contribution in [0.4, 0.5) is 0 Å². The van der Waals surface area contributed by atoms with Crippen LogP contribution in [-0.4, -0.2) is 47.3 Å². The van der Waals surface area contributed by atoms with Crippen molar-refractivity contribution in [2.45, 2.75) is 49.4 Å². The van der Waals surface area contributed by atoms with Crippen LogP contribution in [0.5, 0.6) is 0 Å². The Morgan fingerprint density at radius 1 is 1.07 bits per heavy atom. The summed E-state index contributed by atoms with van der Waals surface area (Å²) in [6, 6.07) is 10.2. The van der Waals surface area contributed by atoms with Gasteiger partial charge in [-0.15, -0.1) is 0 Å². The van der Waals surface area contributed by atoms with Gasteiger partial charge in [-0.2, -0.15) is 4.98 Å². The van der Waals surface area contributed by atoms with E-state index >= 15 is 0 Å². The summed E-state index contributed by atoms with van der Waals surface area (Å²) in [5.74, 6) is 2.25. The molecule has 1 aromatic carbocycles. The lowest BCUT2D eigenvalue weighted by atomic mass is 9.94. The fourth-order valence-corrected chi connectivity index (χ4v) is 4.49. The van der Waals surface area contributed by atoms with Crippen LogP contribution in [0.3, 0.4) is 0 Å². The van der Waals surface area contributed by atoms with Gasteiger partial charge in [0.2, 0.25) is 11.8 Å². The molecule has 0 spiro atoms. The summed E-state index contributed by atoms with van der Waals surface area (Å²) in [4.78, 5) is 19.9. The monoisotopic (exact) mass is 367 g/mol. The lowest BCUT2D eigenvalue weighted by Gasteiger charge is -2.23. The fraction of sp³-hybridized carbons (Fsp3) is 0.571. The van der Waals surface area contributed by atoms with Crippen LogP contribution in [0.1, 0.15) is 61.2 Å². The number of likely N-dealkylation sites (tertiary alicyclic amines) is 1. The molecule has 0 radical (unpaired) electrons. The molecule has 3 heterocycles. The highest BCUT2D eigenvalue weighted by Crippen LogP contribution is 2.50.